The van der Waals surface area contributed by atoms with E-state index in [1.165, 1.54) is 0 Å². The molecule has 0 unspecified atom stereocenters. The van der Waals surface area contributed by atoms with Crippen molar-refractivity contribution in [3.8, 4) is 11.5 Å². The van der Waals surface area contributed by atoms with Crippen LogP contribution in [-0.2, 0) is 6.61 Å². The molecule has 3 rings (SSSR count). The average molecular weight is 381 g/mol. The SMILES string of the molecule is Cl.Oc1cc(OCc2ccccc2)ccc1[C@@H](CCF)N1CCNCC1. The molecule has 1 aliphatic heterocycles. The van der Waals surface area contributed by atoms with Crippen LogP contribution in [0.25, 0.3) is 0 Å². The summed E-state index contributed by atoms with van der Waals surface area (Å²) in [5, 5.41) is 13.8. The van der Waals surface area contributed by atoms with Gasteiger partial charge < -0.3 is 15.2 Å². The number of piperazine rings is 1. The van der Waals surface area contributed by atoms with Crippen molar-refractivity contribution in [2.24, 2.45) is 0 Å². The summed E-state index contributed by atoms with van der Waals surface area (Å²) in [6.45, 7) is 3.54. The van der Waals surface area contributed by atoms with Crippen molar-refractivity contribution in [1.82, 2.24) is 10.2 Å². The van der Waals surface area contributed by atoms with Crippen LogP contribution in [0.1, 0.15) is 23.6 Å². The van der Waals surface area contributed by atoms with Crippen LogP contribution < -0.4 is 10.1 Å². The van der Waals surface area contributed by atoms with Gasteiger partial charge in [-0.25, -0.2) is 0 Å². The minimum atomic E-state index is -0.402. The molecule has 142 valence electrons. The predicted molar refractivity (Wildman–Crippen MR) is 104 cm³/mol. The molecule has 1 saturated heterocycles. The molecule has 1 aliphatic rings. The second-order valence-electron chi connectivity index (χ2n) is 6.27. The first kappa shape index (κ1) is 20.5. The summed E-state index contributed by atoms with van der Waals surface area (Å²) in [7, 11) is 0. The van der Waals surface area contributed by atoms with E-state index in [0.717, 1.165) is 37.3 Å². The number of aromatic hydroxyl groups is 1. The highest BCUT2D eigenvalue weighted by molar-refractivity contribution is 5.85. The highest BCUT2D eigenvalue weighted by Gasteiger charge is 2.24. The number of halogens is 2. The zero-order valence-corrected chi connectivity index (χ0v) is 15.6. The van der Waals surface area contributed by atoms with E-state index in [4.69, 9.17) is 4.74 Å². The quantitative estimate of drug-likeness (QED) is 0.768. The Balaban J connectivity index is 0.00000243. The maximum atomic E-state index is 13.1. The Morgan fingerprint density at radius 3 is 2.50 bits per heavy atom. The van der Waals surface area contributed by atoms with Gasteiger partial charge in [-0.2, -0.15) is 0 Å². The lowest BCUT2D eigenvalue weighted by atomic mass is 10.0. The molecule has 2 aromatic rings. The van der Waals surface area contributed by atoms with Crippen LogP contribution in [0, 0.1) is 0 Å². The summed E-state index contributed by atoms with van der Waals surface area (Å²) in [5.74, 6) is 0.784. The minimum Gasteiger partial charge on any atom is -0.507 e. The molecule has 1 heterocycles. The lowest BCUT2D eigenvalue weighted by Crippen LogP contribution is -2.45. The van der Waals surface area contributed by atoms with Crippen LogP contribution in [0.4, 0.5) is 4.39 Å². The van der Waals surface area contributed by atoms with E-state index in [2.05, 4.69) is 10.2 Å². The Labute approximate surface area is 160 Å². The van der Waals surface area contributed by atoms with Gasteiger partial charge in [-0.05, 0) is 18.1 Å². The van der Waals surface area contributed by atoms with Gasteiger partial charge in [-0.3, -0.25) is 9.29 Å². The second kappa shape index (κ2) is 10.4. The lowest BCUT2D eigenvalue weighted by molar-refractivity contribution is 0.155. The summed E-state index contributed by atoms with van der Waals surface area (Å²) in [6.07, 6.45) is 0.387. The van der Waals surface area contributed by atoms with Crippen molar-refractivity contribution in [3.63, 3.8) is 0 Å². The number of ether oxygens (including phenoxy) is 1. The molecule has 0 spiro atoms. The van der Waals surface area contributed by atoms with Gasteiger partial charge >= 0.3 is 0 Å². The molecule has 1 atom stereocenters. The van der Waals surface area contributed by atoms with Crippen LogP contribution in [0.2, 0.25) is 0 Å². The van der Waals surface area contributed by atoms with Crippen molar-refractivity contribution in [1.29, 1.82) is 0 Å². The van der Waals surface area contributed by atoms with Gasteiger partial charge in [0, 0.05) is 43.9 Å². The molecule has 1 fully saturated rings. The van der Waals surface area contributed by atoms with E-state index in [1.807, 2.05) is 42.5 Å². The Hall–Kier alpha value is -1.82. The van der Waals surface area contributed by atoms with Crippen molar-refractivity contribution in [2.75, 3.05) is 32.9 Å². The molecular formula is C20H26ClFN2O2. The number of alkyl halides is 1. The van der Waals surface area contributed by atoms with E-state index in [-0.39, 0.29) is 24.2 Å². The first-order chi connectivity index (χ1) is 12.3. The number of nitrogens with zero attached hydrogens (tertiary/aromatic N) is 1. The molecular weight excluding hydrogens is 355 g/mol. The summed E-state index contributed by atoms with van der Waals surface area (Å²) in [4.78, 5) is 2.23. The average Bonchev–Trinajstić information content (AvgIpc) is 2.66. The van der Waals surface area contributed by atoms with Crippen LogP contribution >= 0.6 is 12.4 Å². The molecule has 0 amide bonds. The lowest BCUT2D eigenvalue weighted by Gasteiger charge is -2.35. The van der Waals surface area contributed by atoms with Crippen molar-refractivity contribution in [2.45, 2.75) is 19.1 Å². The first-order valence-electron chi connectivity index (χ1n) is 8.78. The summed E-state index contributed by atoms with van der Waals surface area (Å²) in [6, 6.07) is 15.1. The van der Waals surface area contributed by atoms with Crippen LogP contribution in [0.15, 0.2) is 48.5 Å². The summed E-state index contributed by atoms with van der Waals surface area (Å²) in [5.41, 5.74) is 1.84. The summed E-state index contributed by atoms with van der Waals surface area (Å²) < 4.78 is 18.8. The monoisotopic (exact) mass is 380 g/mol. The molecule has 0 radical (unpaired) electrons. The van der Waals surface area contributed by atoms with Crippen molar-refractivity contribution < 1.29 is 14.2 Å². The third kappa shape index (κ3) is 5.34. The van der Waals surface area contributed by atoms with E-state index in [9.17, 15) is 9.50 Å². The normalized spacial score (nSPS) is 15.9. The molecule has 0 aliphatic carbocycles. The minimum absolute atomic E-state index is 0. The van der Waals surface area contributed by atoms with E-state index >= 15 is 0 Å². The fourth-order valence-electron chi connectivity index (χ4n) is 3.27. The highest BCUT2D eigenvalue weighted by atomic mass is 35.5. The Kier molecular flexibility index (Phi) is 8.16. The van der Waals surface area contributed by atoms with Crippen LogP contribution in [0.5, 0.6) is 11.5 Å². The van der Waals surface area contributed by atoms with Gasteiger partial charge in [-0.15, -0.1) is 12.4 Å². The Morgan fingerprint density at radius 2 is 1.85 bits per heavy atom. The number of phenols is 1. The highest BCUT2D eigenvalue weighted by Crippen LogP contribution is 2.34. The maximum Gasteiger partial charge on any atom is 0.124 e. The smallest absolute Gasteiger partial charge is 0.124 e. The second-order valence-corrected chi connectivity index (χ2v) is 6.27. The molecule has 2 aromatic carbocycles. The number of phenolic OH excluding ortho intramolecular Hbond substituents is 1. The standard InChI is InChI=1S/C20H25FN2O2.ClH/c21-9-8-19(23-12-10-22-11-13-23)18-7-6-17(14-20(18)24)25-15-16-4-2-1-3-5-16;/h1-7,14,19,22,24H,8-13,15H2;1H/t19-;/m1./s1. The third-order valence-corrected chi connectivity index (χ3v) is 4.58. The zero-order chi connectivity index (χ0) is 17.5. The van der Waals surface area contributed by atoms with Gasteiger partial charge in [0.15, 0.2) is 0 Å². The molecule has 0 aromatic heterocycles. The van der Waals surface area contributed by atoms with Gasteiger partial charge in [0.2, 0.25) is 0 Å². The van der Waals surface area contributed by atoms with Gasteiger partial charge in [-0.1, -0.05) is 36.4 Å². The number of nitrogens with one attached hydrogen (secondary N) is 1. The number of hydrogen-bond acceptors (Lipinski definition) is 4. The first-order valence-corrected chi connectivity index (χ1v) is 8.78. The van der Waals surface area contributed by atoms with Gasteiger partial charge in [0.25, 0.3) is 0 Å². The van der Waals surface area contributed by atoms with Gasteiger partial charge in [0.1, 0.15) is 18.1 Å². The Bertz CT molecular complexity index is 666. The van der Waals surface area contributed by atoms with Crippen LogP contribution in [0.3, 0.4) is 0 Å². The van der Waals surface area contributed by atoms with Crippen molar-refractivity contribution in [3.05, 3.63) is 59.7 Å². The Morgan fingerprint density at radius 1 is 1.12 bits per heavy atom. The molecule has 2 N–H and O–H groups in total. The number of hydrogen-bond donors (Lipinski definition) is 2. The topological polar surface area (TPSA) is 44.7 Å². The van der Waals surface area contributed by atoms with E-state index in [0.29, 0.717) is 18.8 Å². The molecule has 0 saturated carbocycles. The van der Waals surface area contributed by atoms with E-state index in [1.54, 1.807) is 6.07 Å². The summed E-state index contributed by atoms with van der Waals surface area (Å²) >= 11 is 0. The third-order valence-electron chi connectivity index (χ3n) is 4.58. The largest absolute Gasteiger partial charge is 0.507 e. The molecule has 6 heteroatoms. The predicted octanol–water partition coefficient (Wildman–Crippen LogP) is 3.70. The fourth-order valence-corrected chi connectivity index (χ4v) is 3.27. The van der Waals surface area contributed by atoms with Gasteiger partial charge in [0.05, 0.1) is 6.67 Å². The maximum absolute atomic E-state index is 13.1. The molecule has 4 nitrogen and oxygen atoms in total. The number of rotatable bonds is 7. The number of benzene rings is 2. The van der Waals surface area contributed by atoms with Crippen LogP contribution in [-0.4, -0.2) is 42.9 Å². The van der Waals surface area contributed by atoms with E-state index < -0.39 is 6.67 Å². The zero-order valence-electron chi connectivity index (χ0n) is 14.7. The molecule has 26 heavy (non-hydrogen) atoms. The van der Waals surface area contributed by atoms with Crippen molar-refractivity contribution >= 4 is 12.4 Å². The fraction of sp³-hybridized carbons (Fsp3) is 0.400. The molecule has 0 bridgehead atoms.